The van der Waals surface area contributed by atoms with Gasteiger partial charge in [0.05, 0.1) is 0 Å². The van der Waals surface area contributed by atoms with E-state index in [1.807, 2.05) is 0 Å². The molecule has 0 radical (unpaired) electrons. The van der Waals surface area contributed by atoms with Gasteiger partial charge >= 0.3 is 0 Å². The first-order chi connectivity index (χ1) is 13.7. The molecule has 1 heterocycles. The van der Waals surface area contributed by atoms with Crippen molar-refractivity contribution in [3.05, 3.63) is 71.0 Å². The van der Waals surface area contributed by atoms with Crippen LogP contribution in [0.25, 0.3) is 11.4 Å². The summed E-state index contributed by atoms with van der Waals surface area (Å²) in [5.41, 5.74) is 8.05. The number of hydrogen-bond donors (Lipinski definition) is 1. The second-order valence-corrected chi connectivity index (χ2v) is 9.33. The van der Waals surface area contributed by atoms with Gasteiger partial charge in [-0.1, -0.05) is 91.8 Å². The maximum Gasteiger partial charge on any atom is 0.272 e. The molecule has 2 aromatic carbocycles. The summed E-state index contributed by atoms with van der Waals surface area (Å²) in [5, 5.41) is 3.66. The third-order valence-corrected chi connectivity index (χ3v) is 5.75. The average molecular weight is 392 g/mol. The molecule has 0 bridgehead atoms. The van der Waals surface area contributed by atoms with Gasteiger partial charge < -0.3 is 0 Å². The summed E-state index contributed by atoms with van der Waals surface area (Å²) in [4.78, 5) is 0. The van der Waals surface area contributed by atoms with E-state index < -0.39 is 0 Å². The molecule has 0 saturated carbocycles. The number of hydrogen-bond acceptors (Lipinski definition) is 0. The van der Waals surface area contributed by atoms with Crippen molar-refractivity contribution in [2.45, 2.75) is 79.1 Å². The Morgan fingerprint density at radius 1 is 0.517 bits per heavy atom. The van der Waals surface area contributed by atoms with Crippen molar-refractivity contribution in [2.75, 3.05) is 0 Å². The highest BCUT2D eigenvalue weighted by molar-refractivity contribution is 5.46. The molecule has 0 fully saturated rings. The fourth-order valence-electron chi connectivity index (χ4n) is 4.14. The fourth-order valence-corrected chi connectivity index (χ4v) is 4.14. The molecule has 0 spiro atoms. The molecule has 0 saturated heterocycles. The zero-order valence-corrected chi connectivity index (χ0v) is 19.3. The molecule has 3 nitrogen and oxygen atoms in total. The number of aromatic nitrogens is 3. The average Bonchev–Trinajstić information content (AvgIpc) is 3.15. The lowest BCUT2D eigenvalue weighted by Gasteiger charge is -2.13. The smallest absolute Gasteiger partial charge is 0.0612 e. The highest BCUT2D eigenvalue weighted by Gasteiger charge is 2.29. The predicted molar refractivity (Wildman–Crippen MR) is 120 cm³/mol. The third kappa shape index (κ3) is 4.14. The van der Waals surface area contributed by atoms with Crippen molar-refractivity contribution in [1.82, 2.24) is 5.21 Å². The molecule has 0 unspecified atom stereocenters. The van der Waals surface area contributed by atoms with Crippen LogP contribution in [0.5, 0.6) is 0 Å². The van der Waals surface area contributed by atoms with E-state index in [9.17, 15) is 0 Å². The molecule has 3 heteroatoms. The highest BCUT2D eigenvalue weighted by atomic mass is 15.5. The molecule has 1 aromatic heterocycles. The van der Waals surface area contributed by atoms with Crippen molar-refractivity contribution in [3.63, 3.8) is 0 Å². The van der Waals surface area contributed by atoms with Crippen LogP contribution < -0.4 is 9.36 Å². The van der Waals surface area contributed by atoms with Gasteiger partial charge in [0.2, 0.25) is 11.4 Å². The Kier molecular flexibility index (Phi) is 6.26. The molecule has 0 aliphatic rings. The first-order valence-corrected chi connectivity index (χ1v) is 11.0. The van der Waals surface area contributed by atoms with Crippen LogP contribution in [0, 0.1) is 0 Å². The van der Waals surface area contributed by atoms with Crippen LogP contribution in [0.1, 0.15) is 101 Å². The van der Waals surface area contributed by atoms with Crippen LogP contribution in [0.15, 0.2) is 48.8 Å². The molecule has 0 aliphatic heterocycles. The third-order valence-electron chi connectivity index (χ3n) is 5.75. The quantitative estimate of drug-likeness (QED) is 0.494. The van der Waals surface area contributed by atoms with Gasteiger partial charge in [0.1, 0.15) is 0 Å². The Hall–Kier alpha value is -2.42. The van der Waals surface area contributed by atoms with Gasteiger partial charge in [-0.05, 0) is 33.0 Å². The summed E-state index contributed by atoms with van der Waals surface area (Å²) in [6.45, 7) is 18.2. The normalized spacial score (nSPS) is 12.0. The fraction of sp³-hybridized carbons (Fsp3) is 0.462. The van der Waals surface area contributed by atoms with E-state index in [0.717, 1.165) is 0 Å². The summed E-state index contributed by atoms with van der Waals surface area (Å²) in [6.07, 6.45) is 4.32. The van der Waals surface area contributed by atoms with Crippen LogP contribution in [0.2, 0.25) is 0 Å². The Labute approximate surface area is 176 Å². The van der Waals surface area contributed by atoms with Crippen LogP contribution in [-0.2, 0) is 0 Å². The molecule has 3 aromatic rings. The molecule has 3 rings (SSSR count). The summed E-state index contributed by atoms with van der Waals surface area (Å²) in [6, 6.07) is 13.4. The van der Waals surface area contributed by atoms with Crippen molar-refractivity contribution >= 4 is 0 Å². The van der Waals surface area contributed by atoms with Crippen LogP contribution in [0.3, 0.4) is 0 Å². The Morgan fingerprint density at radius 2 is 0.793 bits per heavy atom. The lowest BCUT2D eigenvalue weighted by Crippen LogP contribution is -2.45. The summed E-state index contributed by atoms with van der Waals surface area (Å²) in [7, 11) is 0. The lowest BCUT2D eigenvalue weighted by molar-refractivity contribution is -0.806. The summed E-state index contributed by atoms with van der Waals surface area (Å²) in [5.74, 6) is 1.84. The zero-order chi connectivity index (χ0) is 21.3. The Bertz CT molecular complexity index is 847. The zero-order valence-electron chi connectivity index (χ0n) is 19.3. The van der Waals surface area contributed by atoms with Gasteiger partial charge in [0.15, 0.2) is 0 Å². The monoisotopic (exact) mass is 391 g/mol. The van der Waals surface area contributed by atoms with Gasteiger partial charge in [-0.15, -0.1) is 0 Å². The SMILES string of the molecule is CC(C)c1cccc(C(C)C)c1-[n+]1cc[n+](-c2c(C(C)C)cccc2C(C)C)[nH]1. The number of nitrogens with one attached hydrogen (secondary N) is 1. The molecule has 29 heavy (non-hydrogen) atoms. The Morgan fingerprint density at radius 3 is 1.03 bits per heavy atom. The van der Waals surface area contributed by atoms with Gasteiger partial charge in [-0.25, -0.2) is 0 Å². The van der Waals surface area contributed by atoms with Gasteiger partial charge in [-0.2, -0.15) is 0 Å². The molecular formula is C26H37N3+2. The second kappa shape index (κ2) is 8.52. The summed E-state index contributed by atoms with van der Waals surface area (Å²) < 4.78 is 4.40. The summed E-state index contributed by atoms with van der Waals surface area (Å²) >= 11 is 0. The van der Waals surface area contributed by atoms with Crippen molar-refractivity contribution in [2.24, 2.45) is 0 Å². The van der Waals surface area contributed by atoms with Gasteiger partial charge in [0.25, 0.3) is 12.4 Å². The van der Waals surface area contributed by atoms with E-state index in [2.05, 4.69) is 119 Å². The first kappa shape index (κ1) is 21.3. The largest absolute Gasteiger partial charge is 0.272 e. The number of para-hydroxylation sites is 2. The number of rotatable bonds is 6. The molecule has 0 aliphatic carbocycles. The molecular weight excluding hydrogens is 354 g/mol. The van der Waals surface area contributed by atoms with E-state index in [0.29, 0.717) is 23.7 Å². The number of aromatic amines is 1. The number of nitrogens with zero attached hydrogens (tertiary/aromatic N) is 2. The van der Waals surface area contributed by atoms with Crippen molar-refractivity contribution in [1.29, 1.82) is 0 Å². The maximum atomic E-state index is 3.66. The first-order valence-electron chi connectivity index (χ1n) is 11.0. The topological polar surface area (TPSA) is 23.5 Å². The second-order valence-electron chi connectivity index (χ2n) is 9.33. The van der Waals surface area contributed by atoms with E-state index in [4.69, 9.17) is 0 Å². The van der Waals surface area contributed by atoms with Crippen LogP contribution >= 0.6 is 0 Å². The van der Waals surface area contributed by atoms with Crippen LogP contribution in [0.4, 0.5) is 0 Å². The molecule has 1 N–H and O–H groups in total. The van der Waals surface area contributed by atoms with Gasteiger partial charge in [-0.3, -0.25) is 0 Å². The minimum absolute atomic E-state index is 0.460. The van der Waals surface area contributed by atoms with E-state index >= 15 is 0 Å². The van der Waals surface area contributed by atoms with Crippen molar-refractivity contribution < 1.29 is 9.36 Å². The molecule has 154 valence electrons. The number of benzene rings is 2. The maximum absolute atomic E-state index is 3.66. The highest BCUT2D eigenvalue weighted by Crippen LogP contribution is 2.29. The van der Waals surface area contributed by atoms with E-state index in [1.54, 1.807) is 0 Å². The molecule has 0 amide bonds. The number of H-pyrrole nitrogens is 1. The van der Waals surface area contributed by atoms with Gasteiger partial charge in [0, 0.05) is 27.5 Å². The standard InChI is InChI=1S/C26H36N3/c1-17(2)21-11-9-12-22(18(3)4)25(21)28-15-16-29(27-28)26-23(19(5)6)13-10-14-24(26)20(7)8/h9-20H,1-8H3/q+1/p+1. The predicted octanol–water partition coefficient (Wildman–Crippen LogP) is 6.06. The minimum atomic E-state index is 0.460. The molecule has 0 atom stereocenters. The lowest BCUT2D eigenvalue weighted by atomic mass is 9.93. The van der Waals surface area contributed by atoms with Crippen LogP contribution in [-0.4, -0.2) is 5.21 Å². The minimum Gasteiger partial charge on any atom is -0.0612 e. The Balaban J connectivity index is 2.23. The van der Waals surface area contributed by atoms with E-state index in [1.165, 1.54) is 33.6 Å². The van der Waals surface area contributed by atoms with Crippen molar-refractivity contribution in [3.8, 4) is 11.4 Å². The van der Waals surface area contributed by atoms with E-state index in [-0.39, 0.29) is 0 Å².